The minimum Gasteiger partial charge on any atom is -0.469 e. The molecule has 2 rings (SSSR count). The van der Waals surface area contributed by atoms with Crippen LogP contribution in [0.1, 0.15) is 18.4 Å². The van der Waals surface area contributed by atoms with Gasteiger partial charge >= 0.3 is 5.43 Å². The van der Waals surface area contributed by atoms with Crippen molar-refractivity contribution in [2.75, 3.05) is 0 Å². The largest absolute Gasteiger partial charge is 0.469 e. The monoisotopic (exact) mass is 291 g/mol. The average molecular weight is 292 g/mol. The van der Waals surface area contributed by atoms with E-state index in [1.165, 1.54) is 0 Å². The van der Waals surface area contributed by atoms with Gasteiger partial charge in [-0.2, -0.15) is 0 Å². The first-order chi connectivity index (χ1) is 8.31. The van der Waals surface area contributed by atoms with Crippen molar-refractivity contribution in [2.24, 2.45) is 0 Å². The van der Waals surface area contributed by atoms with E-state index in [9.17, 15) is 8.42 Å². The van der Waals surface area contributed by atoms with Crippen LogP contribution in [0.5, 0.6) is 0 Å². The molecule has 0 spiro atoms. The topological polar surface area (TPSA) is 83.5 Å². The SMILES string of the molecule is Cc1ccc(S(=O)(=O)NC2CC2)cc1.O=C(O)Cl. The summed E-state index contributed by atoms with van der Waals surface area (Å²) in [6.45, 7) is 1.94. The molecule has 0 bridgehead atoms. The van der Waals surface area contributed by atoms with E-state index in [-0.39, 0.29) is 6.04 Å². The molecule has 1 aliphatic rings. The predicted molar refractivity (Wildman–Crippen MR) is 68.4 cm³/mol. The molecule has 100 valence electrons. The summed E-state index contributed by atoms with van der Waals surface area (Å²) in [6, 6.07) is 7.06. The van der Waals surface area contributed by atoms with Gasteiger partial charge in [0.25, 0.3) is 0 Å². The van der Waals surface area contributed by atoms with E-state index in [1.54, 1.807) is 12.1 Å². The summed E-state index contributed by atoms with van der Waals surface area (Å²) in [4.78, 5) is 9.12. The fraction of sp³-hybridized carbons (Fsp3) is 0.364. The second-order valence-corrected chi connectivity index (χ2v) is 6.00. The van der Waals surface area contributed by atoms with Gasteiger partial charge in [0.1, 0.15) is 0 Å². The number of nitrogens with one attached hydrogen (secondary N) is 1. The fourth-order valence-corrected chi connectivity index (χ4v) is 2.51. The van der Waals surface area contributed by atoms with Crippen LogP contribution in [0.15, 0.2) is 29.2 Å². The lowest BCUT2D eigenvalue weighted by atomic mass is 10.2. The number of benzene rings is 1. The first kappa shape index (κ1) is 14.9. The highest BCUT2D eigenvalue weighted by molar-refractivity contribution is 7.89. The molecular weight excluding hydrogens is 278 g/mol. The Labute approximate surface area is 111 Å². The van der Waals surface area contributed by atoms with E-state index in [4.69, 9.17) is 9.90 Å². The highest BCUT2D eigenvalue weighted by atomic mass is 35.5. The summed E-state index contributed by atoms with van der Waals surface area (Å²) in [5.74, 6) is 0. The van der Waals surface area contributed by atoms with E-state index in [2.05, 4.69) is 16.3 Å². The molecule has 0 aliphatic heterocycles. The second kappa shape index (κ2) is 6.17. The number of hydrogen-bond donors (Lipinski definition) is 2. The summed E-state index contributed by atoms with van der Waals surface area (Å²) in [7, 11) is -3.26. The molecule has 0 unspecified atom stereocenters. The zero-order valence-corrected chi connectivity index (χ0v) is 11.3. The first-order valence-electron chi connectivity index (χ1n) is 5.28. The average Bonchev–Trinajstić information content (AvgIpc) is 3.00. The van der Waals surface area contributed by atoms with Crippen LogP contribution in [0.2, 0.25) is 0 Å². The Hall–Kier alpha value is -1.11. The first-order valence-corrected chi connectivity index (χ1v) is 7.15. The van der Waals surface area contributed by atoms with Crippen LogP contribution in [0.4, 0.5) is 4.79 Å². The van der Waals surface area contributed by atoms with Gasteiger partial charge < -0.3 is 5.11 Å². The van der Waals surface area contributed by atoms with Crippen LogP contribution < -0.4 is 4.72 Å². The van der Waals surface area contributed by atoms with Gasteiger partial charge in [0.15, 0.2) is 0 Å². The van der Waals surface area contributed by atoms with Crippen LogP contribution in [0.25, 0.3) is 0 Å². The maximum absolute atomic E-state index is 11.7. The van der Waals surface area contributed by atoms with Gasteiger partial charge in [-0.15, -0.1) is 0 Å². The molecule has 7 heteroatoms. The lowest BCUT2D eigenvalue weighted by Crippen LogP contribution is -2.25. The Kier molecular flexibility index (Phi) is 5.13. The van der Waals surface area contributed by atoms with Crippen LogP contribution >= 0.6 is 11.6 Å². The third-order valence-electron chi connectivity index (χ3n) is 2.23. The number of rotatable bonds is 3. The number of carbonyl (C=O) groups is 1. The summed E-state index contributed by atoms with van der Waals surface area (Å²) in [6.07, 6.45) is 1.93. The quantitative estimate of drug-likeness (QED) is 0.837. The van der Waals surface area contributed by atoms with Crippen molar-refractivity contribution in [2.45, 2.75) is 30.7 Å². The van der Waals surface area contributed by atoms with E-state index < -0.39 is 15.5 Å². The van der Waals surface area contributed by atoms with Crippen molar-refractivity contribution in [3.05, 3.63) is 29.8 Å². The number of halogens is 1. The summed E-state index contributed by atoms with van der Waals surface area (Å²) in [5.41, 5.74) is -0.296. The molecule has 1 saturated carbocycles. The van der Waals surface area contributed by atoms with Gasteiger partial charge in [0.2, 0.25) is 10.0 Å². The van der Waals surface area contributed by atoms with Crippen LogP contribution in [-0.2, 0) is 10.0 Å². The van der Waals surface area contributed by atoms with E-state index >= 15 is 0 Å². The zero-order chi connectivity index (χ0) is 13.8. The number of hydrogen-bond acceptors (Lipinski definition) is 3. The molecular formula is C11H14ClNO4S. The van der Waals surface area contributed by atoms with Crippen LogP contribution in [0, 0.1) is 6.92 Å². The van der Waals surface area contributed by atoms with Crippen molar-refractivity contribution < 1.29 is 18.3 Å². The van der Waals surface area contributed by atoms with Crippen molar-refractivity contribution in [3.63, 3.8) is 0 Å². The van der Waals surface area contributed by atoms with E-state index in [0.29, 0.717) is 4.90 Å². The van der Waals surface area contributed by atoms with Gasteiger partial charge in [-0.1, -0.05) is 17.7 Å². The Morgan fingerprint density at radius 2 is 1.78 bits per heavy atom. The zero-order valence-electron chi connectivity index (χ0n) is 9.76. The molecule has 1 aromatic carbocycles. The lowest BCUT2D eigenvalue weighted by Gasteiger charge is -2.04. The molecule has 0 heterocycles. The molecule has 0 saturated heterocycles. The maximum atomic E-state index is 11.7. The normalized spacial score (nSPS) is 14.6. The summed E-state index contributed by atoms with van der Waals surface area (Å²) in [5, 5.41) is 7.18. The Balaban J connectivity index is 0.000000357. The van der Waals surface area contributed by atoms with Crippen molar-refractivity contribution in [3.8, 4) is 0 Å². The van der Waals surface area contributed by atoms with E-state index in [1.807, 2.05) is 19.1 Å². The molecule has 0 atom stereocenters. The molecule has 1 aromatic rings. The molecule has 2 N–H and O–H groups in total. The third kappa shape index (κ3) is 5.48. The minimum absolute atomic E-state index is 0.168. The highest BCUT2D eigenvalue weighted by Gasteiger charge is 2.27. The molecule has 1 aliphatic carbocycles. The molecule has 1 fully saturated rings. The van der Waals surface area contributed by atoms with Gasteiger partial charge in [-0.3, -0.25) is 0 Å². The molecule has 0 aromatic heterocycles. The standard InChI is InChI=1S/C10H13NO2S.CHClO2/c1-8-2-6-10(7-3-8)14(12,13)11-9-4-5-9;2-1(3)4/h2-3,6-7,9,11H,4-5H2,1H3;(H,3,4). The fourth-order valence-electron chi connectivity index (χ4n) is 1.21. The summed E-state index contributed by atoms with van der Waals surface area (Å²) >= 11 is 4.19. The van der Waals surface area contributed by atoms with Crippen molar-refractivity contribution in [1.29, 1.82) is 0 Å². The lowest BCUT2D eigenvalue weighted by molar-refractivity contribution is 0.220. The minimum atomic E-state index is -3.26. The predicted octanol–water partition coefficient (Wildman–Crippen LogP) is 2.34. The second-order valence-electron chi connectivity index (χ2n) is 3.96. The van der Waals surface area contributed by atoms with Crippen molar-refractivity contribution in [1.82, 2.24) is 4.72 Å². The van der Waals surface area contributed by atoms with Gasteiger partial charge in [0, 0.05) is 17.6 Å². The molecule has 5 nitrogen and oxygen atoms in total. The number of sulfonamides is 1. The number of carboxylic acid groups (broad SMARTS) is 1. The maximum Gasteiger partial charge on any atom is 0.401 e. The molecule has 18 heavy (non-hydrogen) atoms. The Morgan fingerprint density at radius 3 is 2.17 bits per heavy atom. The van der Waals surface area contributed by atoms with Crippen molar-refractivity contribution >= 4 is 27.1 Å². The van der Waals surface area contributed by atoms with E-state index in [0.717, 1.165) is 18.4 Å². The van der Waals surface area contributed by atoms with Gasteiger partial charge in [0.05, 0.1) is 4.90 Å². The smallest absolute Gasteiger partial charge is 0.401 e. The Morgan fingerprint density at radius 1 is 1.33 bits per heavy atom. The highest BCUT2D eigenvalue weighted by Crippen LogP contribution is 2.22. The third-order valence-corrected chi connectivity index (χ3v) is 3.77. The van der Waals surface area contributed by atoms with Crippen LogP contribution in [0.3, 0.4) is 0 Å². The Bertz CT molecular complexity index is 504. The molecule has 0 amide bonds. The van der Waals surface area contributed by atoms with Crippen LogP contribution in [-0.4, -0.2) is 25.0 Å². The number of aryl methyl sites for hydroxylation is 1. The molecule has 0 radical (unpaired) electrons. The summed E-state index contributed by atoms with van der Waals surface area (Å²) < 4.78 is 26.0. The van der Waals surface area contributed by atoms with Gasteiger partial charge in [-0.05, 0) is 31.9 Å². The van der Waals surface area contributed by atoms with Gasteiger partial charge in [-0.25, -0.2) is 17.9 Å².